The highest BCUT2D eigenvalue weighted by molar-refractivity contribution is 5.70. The first kappa shape index (κ1) is 21.5. The predicted molar refractivity (Wildman–Crippen MR) is 116 cm³/mol. The number of hydrogen-bond acceptors (Lipinski definition) is 8. The van der Waals surface area contributed by atoms with E-state index in [1.165, 1.54) is 6.42 Å². The Kier molecular flexibility index (Phi) is 5.77. The van der Waals surface area contributed by atoms with E-state index in [9.17, 15) is 9.90 Å². The molecule has 5 rings (SSSR count). The number of nitrogens with zero attached hydrogens (tertiary/aromatic N) is 8. The molecule has 0 amide bonds. The summed E-state index contributed by atoms with van der Waals surface area (Å²) < 4.78 is 7.84. The van der Waals surface area contributed by atoms with Gasteiger partial charge in [0.25, 0.3) is 0 Å². The molecule has 11 heteroatoms. The highest BCUT2D eigenvalue weighted by Crippen LogP contribution is 2.34. The molecule has 174 valence electrons. The Hall–Kier alpha value is -3.37. The van der Waals surface area contributed by atoms with Crippen LogP contribution < -0.4 is 4.74 Å². The first-order valence-corrected chi connectivity index (χ1v) is 11.5. The van der Waals surface area contributed by atoms with Gasteiger partial charge in [0.2, 0.25) is 0 Å². The van der Waals surface area contributed by atoms with Crippen LogP contribution in [0.1, 0.15) is 68.1 Å². The van der Waals surface area contributed by atoms with E-state index in [1.807, 2.05) is 26.1 Å². The Balaban J connectivity index is 1.32. The maximum Gasteiger partial charge on any atom is 0.306 e. The SMILES string of the molecule is Cc1nc(-c2nnn(C)c2Cn2nnc(C3CCC3)n2)ccc1O[C@H]1CCC[C@H](C(=O)O)C1. The van der Waals surface area contributed by atoms with Gasteiger partial charge in [-0.2, -0.15) is 4.80 Å². The molecular weight excluding hydrogens is 424 g/mol. The lowest BCUT2D eigenvalue weighted by molar-refractivity contribution is -0.143. The quantitative estimate of drug-likeness (QED) is 0.574. The molecule has 2 saturated carbocycles. The van der Waals surface area contributed by atoms with Crippen LogP contribution >= 0.6 is 0 Å². The summed E-state index contributed by atoms with van der Waals surface area (Å²) in [5.74, 6) is 0.818. The third-order valence-electron chi connectivity index (χ3n) is 6.72. The standard InChI is InChI=1S/C22H28N8O3/c1-13-19(33-16-8-4-7-15(11-16)22(31)32)10-9-17(23-13)20-18(29(2)27-24-20)12-30-26-21(25-28-30)14-5-3-6-14/h9-10,14-16H,3-8,11-12H2,1-2H3,(H,31,32)/t15-,16-/m0/s1. The Morgan fingerprint density at radius 3 is 2.70 bits per heavy atom. The number of pyridine rings is 1. The average molecular weight is 453 g/mol. The molecule has 2 aliphatic rings. The van der Waals surface area contributed by atoms with E-state index < -0.39 is 5.97 Å². The molecule has 0 unspecified atom stereocenters. The molecule has 0 aromatic carbocycles. The van der Waals surface area contributed by atoms with Crippen molar-refractivity contribution in [2.24, 2.45) is 13.0 Å². The molecule has 11 nitrogen and oxygen atoms in total. The third kappa shape index (κ3) is 4.44. The van der Waals surface area contributed by atoms with Gasteiger partial charge < -0.3 is 9.84 Å². The summed E-state index contributed by atoms with van der Waals surface area (Å²) in [6, 6.07) is 3.74. The van der Waals surface area contributed by atoms with Crippen LogP contribution in [-0.2, 0) is 18.4 Å². The molecule has 33 heavy (non-hydrogen) atoms. The zero-order valence-corrected chi connectivity index (χ0v) is 18.9. The molecule has 1 N–H and O–H groups in total. The normalized spacial score (nSPS) is 21.0. The van der Waals surface area contributed by atoms with E-state index in [0.717, 1.165) is 42.9 Å². The second kappa shape index (κ2) is 8.87. The van der Waals surface area contributed by atoms with E-state index in [1.54, 1.807) is 9.48 Å². The lowest BCUT2D eigenvalue weighted by Gasteiger charge is -2.27. The zero-order valence-electron chi connectivity index (χ0n) is 18.9. The highest BCUT2D eigenvalue weighted by atomic mass is 16.5. The number of carboxylic acids is 1. The topological polar surface area (TPSA) is 134 Å². The monoisotopic (exact) mass is 452 g/mol. The molecule has 3 aromatic rings. The number of aryl methyl sites for hydroxylation is 2. The fraction of sp³-hybridized carbons (Fsp3) is 0.591. The third-order valence-corrected chi connectivity index (χ3v) is 6.72. The minimum atomic E-state index is -0.745. The average Bonchev–Trinajstić information content (AvgIpc) is 3.36. The summed E-state index contributed by atoms with van der Waals surface area (Å²) in [6.45, 7) is 2.28. The van der Waals surface area contributed by atoms with Crippen molar-refractivity contribution in [1.82, 2.24) is 40.2 Å². The lowest BCUT2D eigenvalue weighted by atomic mass is 9.85. The van der Waals surface area contributed by atoms with Crippen molar-refractivity contribution < 1.29 is 14.6 Å². The number of aromatic nitrogens is 8. The minimum absolute atomic E-state index is 0.110. The van der Waals surface area contributed by atoms with Gasteiger partial charge in [-0.15, -0.1) is 15.3 Å². The summed E-state index contributed by atoms with van der Waals surface area (Å²) in [4.78, 5) is 17.6. The van der Waals surface area contributed by atoms with Crippen LogP contribution in [0.15, 0.2) is 12.1 Å². The van der Waals surface area contributed by atoms with Gasteiger partial charge in [0, 0.05) is 13.0 Å². The lowest BCUT2D eigenvalue weighted by Crippen LogP contribution is -2.29. The van der Waals surface area contributed by atoms with Crippen molar-refractivity contribution in [2.45, 2.75) is 70.4 Å². The second-order valence-corrected chi connectivity index (χ2v) is 9.04. The molecule has 0 spiro atoms. The fourth-order valence-corrected chi connectivity index (χ4v) is 4.50. The van der Waals surface area contributed by atoms with Gasteiger partial charge in [0.15, 0.2) is 5.82 Å². The molecule has 3 heterocycles. The number of tetrazole rings is 1. The Labute approximate surface area is 191 Å². The van der Waals surface area contributed by atoms with Gasteiger partial charge in [-0.1, -0.05) is 11.6 Å². The summed E-state index contributed by atoms with van der Waals surface area (Å²) >= 11 is 0. The summed E-state index contributed by atoms with van der Waals surface area (Å²) in [5.41, 5.74) is 2.92. The molecule has 0 radical (unpaired) electrons. The Morgan fingerprint density at radius 2 is 1.97 bits per heavy atom. The van der Waals surface area contributed by atoms with Gasteiger partial charge in [-0.05, 0) is 62.8 Å². The van der Waals surface area contributed by atoms with Crippen molar-refractivity contribution in [3.05, 3.63) is 29.3 Å². The summed E-state index contributed by atoms with van der Waals surface area (Å²) in [5, 5.41) is 30.8. The van der Waals surface area contributed by atoms with E-state index in [-0.39, 0.29) is 12.0 Å². The first-order chi connectivity index (χ1) is 16.0. The van der Waals surface area contributed by atoms with Crippen molar-refractivity contribution in [2.75, 3.05) is 0 Å². The molecule has 2 atom stereocenters. The van der Waals surface area contributed by atoms with Crippen LogP contribution in [-0.4, -0.2) is 57.4 Å². The van der Waals surface area contributed by atoms with Crippen LogP contribution in [0.4, 0.5) is 0 Å². The maximum atomic E-state index is 11.3. The molecular formula is C22H28N8O3. The van der Waals surface area contributed by atoms with Crippen LogP contribution in [0.3, 0.4) is 0 Å². The van der Waals surface area contributed by atoms with Crippen LogP contribution in [0.25, 0.3) is 11.4 Å². The van der Waals surface area contributed by atoms with Gasteiger partial charge in [0.05, 0.1) is 29.1 Å². The van der Waals surface area contributed by atoms with E-state index >= 15 is 0 Å². The number of carbonyl (C=O) groups is 1. The number of hydrogen-bond donors (Lipinski definition) is 1. The largest absolute Gasteiger partial charge is 0.489 e. The molecule has 2 fully saturated rings. The van der Waals surface area contributed by atoms with E-state index in [2.05, 4.69) is 25.7 Å². The van der Waals surface area contributed by atoms with Crippen molar-refractivity contribution in [1.29, 1.82) is 0 Å². The number of rotatable bonds is 7. The van der Waals surface area contributed by atoms with Gasteiger partial charge in [-0.3, -0.25) is 4.79 Å². The zero-order chi connectivity index (χ0) is 22.9. The van der Waals surface area contributed by atoms with Crippen molar-refractivity contribution in [3.8, 4) is 17.1 Å². The fourth-order valence-electron chi connectivity index (χ4n) is 4.50. The molecule has 2 aliphatic carbocycles. The maximum absolute atomic E-state index is 11.3. The first-order valence-electron chi connectivity index (χ1n) is 11.5. The number of aliphatic carboxylic acids is 1. The number of carboxylic acid groups (broad SMARTS) is 1. The Bertz CT molecular complexity index is 1150. The predicted octanol–water partition coefficient (Wildman–Crippen LogP) is 2.51. The molecule has 0 bridgehead atoms. The minimum Gasteiger partial charge on any atom is -0.489 e. The smallest absolute Gasteiger partial charge is 0.306 e. The number of ether oxygens (including phenoxy) is 1. The summed E-state index contributed by atoms with van der Waals surface area (Å²) in [6.07, 6.45) is 6.31. The molecule has 3 aromatic heterocycles. The Morgan fingerprint density at radius 1 is 1.15 bits per heavy atom. The van der Waals surface area contributed by atoms with Gasteiger partial charge >= 0.3 is 5.97 Å². The summed E-state index contributed by atoms with van der Waals surface area (Å²) in [7, 11) is 1.84. The molecule has 0 saturated heterocycles. The van der Waals surface area contributed by atoms with Crippen LogP contribution in [0.5, 0.6) is 5.75 Å². The van der Waals surface area contributed by atoms with Crippen molar-refractivity contribution >= 4 is 5.97 Å². The van der Waals surface area contributed by atoms with E-state index in [4.69, 9.17) is 9.72 Å². The van der Waals surface area contributed by atoms with Crippen molar-refractivity contribution in [3.63, 3.8) is 0 Å². The second-order valence-electron chi connectivity index (χ2n) is 9.04. The van der Waals surface area contributed by atoms with Crippen LogP contribution in [0, 0.1) is 12.8 Å². The van der Waals surface area contributed by atoms with Crippen LogP contribution in [0.2, 0.25) is 0 Å². The highest BCUT2D eigenvalue weighted by Gasteiger charge is 2.29. The van der Waals surface area contributed by atoms with Gasteiger partial charge in [-0.25, -0.2) is 9.67 Å². The molecule has 0 aliphatic heterocycles. The van der Waals surface area contributed by atoms with E-state index in [0.29, 0.717) is 42.4 Å². The van der Waals surface area contributed by atoms with Gasteiger partial charge in [0.1, 0.15) is 18.0 Å².